The van der Waals surface area contributed by atoms with Crippen LogP contribution in [-0.2, 0) is 5.75 Å². The molecule has 0 aliphatic carbocycles. The Morgan fingerprint density at radius 2 is 1.73 bits per heavy atom. The van der Waals surface area contributed by atoms with Gasteiger partial charge >= 0.3 is 5.97 Å². The van der Waals surface area contributed by atoms with Crippen molar-refractivity contribution in [3.63, 3.8) is 0 Å². The van der Waals surface area contributed by atoms with Crippen molar-refractivity contribution in [2.45, 2.75) is 17.6 Å². The van der Waals surface area contributed by atoms with Crippen molar-refractivity contribution in [2.75, 3.05) is 14.2 Å². The number of ether oxygens (including phenoxy) is 2. The molecule has 0 saturated carbocycles. The third kappa shape index (κ3) is 3.74. The van der Waals surface area contributed by atoms with Gasteiger partial charge in [-0.05, 0) is 42.3 Å². The van der Waals surface area contributed by atoms with Crippen LogP contribution in [-0.4, -0.2) is 25.3 Å². The average Bonchev–Trinajstić information content (AvgIpc) is 2.53. The van der Waals surface area contributed by atoms with Crippen LogP contribution in [0.2, 0.25) is 0 Å². The van der Waals surface area contributed by atoms with E-state index in [1.165, 1.54) is 18.9 Å². The number of aromatic carboxylic acids is 1. The molecule has 0 aliphatic rings. The van der Waals surface area contributed by atoms with Gasteiger partial charge in [0.2, 0.25) is 0 Å². The van der Waals surface area contributed by atoms with Crippen LogP contribution < -0.4 is 9.47 Å². The van der Waals surface area contributed by atoms with Crippen LogP contribution in [0.15, 0.2) is 41.3 Å². The van der Waals surface area contributed by atoms with Crippen LogP contribution in [0.4, 0.5) is 0 Å². The smallest absolute Gasteiger partial charge is 0.336 e. The Hall–Kier alpha value is -2.14. The minimum atomic E-state index is -0.945. The Morgan fingerprint density at radius 1 is 1.09 bits per heavy atom. The minimum absolute atomic E-state index is 0.273. The molecule has 0 fully saturated rings. The molecule has 22 heavy (non-hydrogen) atoms. The topological polar surface area (TPSA) is 55.8 Å². The summed E-state index contributed by atoms with van der Waals surface area (Å²) in [6, 6.07) is 11.2. The van der Waals surface area contributed by atoms with E-state index >= 15 is 0 Å². The van der Waals surface area contributed by atoms with E-state index in [1.54, 1.807) is 13.2 Å². The van der Waals surface area contributed by atoms with Crippen LogP contribution in [0, 0.1) is 6.92 Å². The maximum atomic E-state index is 11.5. The van der Waals surface area contributed by atoms with Crippen molar-refractivity contribution in [2.24, 2.45) is 0 Å². The van der Waals surface area contributed by atoms with Crippen molar-refractivity contribution in [1.29, 1.82) is 0 Å². The lowest BCUT2D eigenvalue weighted by Crippen LogP contribution is -2.02. The van der Waals surface area contributed by atoms with E-state index in [9.17, 15) is 9.90 Å². The van der Waals surface area contributed by atoms with Gasteiger partial charge in [-0.2, -0.15) is 0 Å². The lowest BCUT2D eigenvalue weighted by molar-refractivity contribution is 0.0692. The van der Waals surface area contributed by atoms with Crippen LogP contribution in [0.1, 0.15) is 21.5 Å². The summed E-state index contributed by atoms with van der Waals surface area (Å²) in [5.41, 5.74) is 2.28. The molecule has 0 unspecified atom stereocenters. The highest BCUT2D eigenvalue weighted by atomic mass is 32.2. The van der Waals surface area contributed by atoms with Gasteiger partial charge in [0.1, 0.15) is 11.5 Å². The third-order valence-corrected chi connectivity index (χ3v) is 4.56. The van der Waals surface area contributed by atoms with Crippen molar-refractivity contribution in [3.05, 3.63) is 53.1 Å². The molecule has 4 nitrogen and oxygen atoms in total. The summed E-state index contributed by atoms with van der Waals surface area (Å²) in [7, 11) is 3.16. The Balaban J connectivity index is 2.22. The maximum absolute atomic E-state index is 11.5. The van der Waals surface area contributed by atoms with Gasteiger partial charge in [0.05, 0.1) is 19.8 Å². The van der Waals surface area contributed by atoms with Gasteiger partial charge < -0.3 is 14.6 Å². The second kappa shape index (κ2) is 7.22. The normalized spacial score (nSPS) is 10.3. The van der Waals surface area contributed by atoms with E-state index in [0.29, 0.717) is 11.5 Å². The zero-order chi connectivity index (χ0) is 16.1. The number of aryl methyl sites for hydroxylation is 1. The number of carbonyl (C=O) groups is 1. The standard InChI is InChI=1S/C17H18O4S/c1-11-8-14(21-3)9-15(17(18)19)16(11)22-10-12-4-6-13(20-2)7-5-12/h4-9H,10H2,1-3H3,(H,18,19). The third-order valence-electron chi connectivity index (χ3n) is 3.26. The van der Waals surface area contributed by atoms with E-state index < -0.39 is 5.97 Å². The molecule has 0 bridgehead atoms. The molecular formula is C17H18O4S. The largest absolute Gasteiger partial charge is 0.497 e. The van der Waals surface area contributed by atoms with Gasteiger partial charge in [0, 0.05) is 10.6 Å². The second-order valence-corrected chi connectivity index (χ2v) is 5.75. The number of carboxylic acids is 1. The molecule has 0 radical (unpaired) electrons. The maximum Gasteiger partial charge on any atom is 0.336 e. The summed E-state index contributed by atoms with van der Waals surface area (Å²) in [6.45, 7) is 1.89. The molecule has 0 aromatic heterocycles. The van der Waals surface area contributed by atoms with Gasteiger partial charge in [-0.1, -0.05) is 12.1 Å². The summed E-state index contributed by atoms with van der Waals surface area (Å²) >= 11 is 1.51. The molecule has 5 heteroatoms. The summed E-state index contributed by atoms with van der Waals surface area (Å²) < 4.78 is 10.3. The molecule has 116 valence electrons. The van der Waals surface area contributed by atoms with E-state index in [4.69, 9.17) is 9.47 Å². The van der Waals surface area contributed by atoms with Crippen LogP contribution >= 0.6 is 11.8 Å². The molecule has 2 aromatic carbocycles. The number of hydrogen-bond donors (Lipinski definition) is 1. The lowest BCUT2D eigenvalue weighted by Gasteiger charge is -2.12. The van der Waals surface area contributed by atoms with Gasteiger partial charge in [0.25, 0.3) is 0 Å². The first-order chi connectivity index (χ1) is 10.5. The highest BCUT2D eigenvalue weighted by Crippen LogP contribution is 2.33. The molecule has 2 rings (SSSR count). The van der Waals surface area contributed by atoms with Gasteiger partial charge in [-0.15, -0.1) is 11.8 Å². The highest BCUT2D eigenvalue weighted by molar-refractivity contribution is 7.98. The molecule has 0 spiro atoms. The first-order valence-corrected chi connectivity index (χ1v) is 7.71. The zero-order valence-corrected chi connectivity index (χ0v) is 13.6. The molecule has 0 atom stereocenters. The average molecular weight is 318 g/mol. The van der Waals surface area contributed by atoms with E-state index in [-0.39, 0.29) is 5.56 Å². The van der Waals surface area contributed by atoms with Crippen molar-refractivity contribution >= 4 is 17.7 Å². The predicted molar refractivity (Wildman–Crippen MR) is 87.2 cm³/mol. The molecule has 0 saturated heterocycles. The Morgan fingerprint density at radius 3 is 2.27 bits per heavy atom. The summed E-state index contributed by atoms with van der Waals surface area (Å²) in [6.07, 6.45) is 0. The van der Waals surface area contributed by atoms with E-state index in [1.807, 2.05) is 37.3 Å². The van der Waals surface area contributed by atoms with Crippen LogP contribution in [0.25, 0.3) is 0 Å². The fraction of sp³-hybridized carbons (Fsp3) is 0.235. The van der Waals surface area contributed by atoms with Crippen molar-refractivity contribution in [3.8, 4) is 11.5 Å². The fourth-order valence-corrected chi connectivity index (χ4v) is 3.18. The van der Waals surface area contributed by atoms with Gasteiger partial charge in [-0.3, -0.25) is 0 Å². The van der Waals surface area contributed by atoms with Crippen molar-refractivity contribution in [1.82, 2.24) is 0 Å². The Bertz CT molecular complexity index is 665. The highest BCUT2D eigenvalue weighted by Gasteiger charge is 2.15. The SMILES string of the molecule is COc1ccc(CSc2c(C)cc(OC)cc2C(=O)O)cc1. The van der Waals surface area contributed by atoms with E-state index in [0.717, 1.165) is 21.8 Å². The molecule has 0 aliphatic heterocycles. The summed E-state index contributed by atoms with van der Waals surface area (Å²) in [5, 5.41) is 9.39. The van der Waals surface area contributed by atoms with Gasteiger partial charge in [0.15, 0.2) is 0 Å². The molecule has 1 N–H and O–H groups in total. The Kier molecular flexibility index (Phi) is 5.33. The summed E-state index contributed by atoms with van der Waals surface area (Å²) in [4.78, 5) is 12.2. The molecule has 0 amide bonds. The quantitative estimate of drug-likeness (QED) is 0.816. The fourth-order valence-electron chi connectivity index (χ4n) is 2.09. The second-order valence-electron chi connectivity index (χ2n) is 4.76. The molecular weight excluding hydrogens is 300 g/mol. The number of methoxy groups -OCH3 is 2. The molecule has 2 aromatic rings. The number of carboxylic acid groups (broad SMARTS) is 1. The first kappa shape index (κ1) is 16.2. The Labute approximate surface area is 134 Å². The zero-order valence-electron chi connectivity index (χ0n) is 12.8. The van der Waals surface area contributed by atoms with Crippen LogP contribution in [0.3, 0.4) is 0 Å². The number of benzene rings is 2. The van der Waals surface area contributed by atoms with Crippen LogP contribution in [0.5, 0.6) is 11.5 Å². The van der Waals surface area contributed by atoms with Crippen molar-refractivity contribution < 1.29 is 19.4 Å². The minimum Gasteiger partial charge on any atom is -0.497 e. The van der Waals surface area contributed by atoms with Gasteiger partial charge in [-0.25, -0.2) is 4.79 Å². The predicted octanol–water partition coefficient (Wildman–Crippen LogP) is 4.00. The monoisotopic (exact) mass is 318 g/mol. The lowest BCUT2D eigenvalue weighted by atomic mass is 10.1. The number of thioether (sulfide) groups is 1. The summed E-state index contributed by atoms with van der Waals surface area (Å²) in [5.74, 6) is 1.11. The molecule has 0 heterocycles. The first-order valence-electron chi connectivity index (χ1n) is 6.72. The number of rotatable bonds is 6. The van der Waals surface area contributed by atoms with E-state index in [2.05, 4.69) is 0 Å². The number of hydrogen-bond acceptors (Lipinski definition) is 4.